The maximum Gasteiger partial charge on any atom is 0.275 e. The Morgan fingerprint density at radius 2 is 1.88 bits per heavy atom. The lowest BCUT2D eigenvalue weighted by Gasteiger charge is -2.14. The van der Waals surface area contributed by atoms with E-state index in [1.54, 1.807) is 31.4 Å². The summed E-state index contributed by atoms with van der Waals surface area (Å²) < 4.78 is 18.3. The monoisotopic (exact) mass is 628 g/mol. The first-order chi connectivity index (χ1) is 15.4. The summed E-state index contributed by atoms with van der Waals surface area (Å²) in [7, 11) is 3.07. The second kappa shape index (κ2) is 11.5. The van der Waals surface area contributed by atoms with Crippen LogP contribution in [-0.2, 0) is 6.61 Å². The number of carbonyl (C=O) groups excluding carboxylic acids is 1. The van der Waals surface area contributed by atoms with Crippen LogP contribution in [0, 0.1) is 3.57 Å². The molecule has 1 amide bonds. The molecule has 166 valence electrons. The van der Waals surface area contributed by atoms with Gasteiger partial charge in [0.15, 0.2) is 11.5 Å². The molecule has 0 saturated carbocycles. The molecule has 9 heteroatoms. The Hall–Kier alpha value is -2.30. The summed E-state index contributed by atoms with van der Waals surface area (Å²) in [5.74, 6) is 1.22. The summed E-state index contributed by atoms with van der Waals surface area (Å²) in [5.41, 5.74) is 4.50. The molecule has 0 bridgehead atoms. The number of rotatable bonds is 8. The smallest absolute Gasteiger partial charge is 0.275 e. The van der Waals surface area contributed by atoms with Gasteiger partial charge in [-0.25, -0.2) is 5.43 Å². The van der Waals surface area contributed by atoms with Crippen LogP contribution in [-0.4, -0.2) is 26.3 Å². The first-order valence-corrected chi connectivity index (χ1v) is 11.6. The van der Waals surface area contributed by atoms with E-state index in [0.29, 0.717) is 34.4 Å². The number of hydrogen-bond donors (Lipinski definition) is 1. The molecule has 3 aromatic carbocycles. The zero-order valence-electron chi connectivity index (χ0n) is 17.2. The third kappa shape index (κ3) is 6.14. The quantitative estimate of drug-likeness (QED) is 0.187. The molecule has 0 radical (unpaired) electrons. The highest BCUT2D eigenvalue weighted by atomic mass is 127. The van der Waals surface area contributed by atoms with E-state index in [-0.39, 0.29) is 5.91 Å². The molecule has 0 saturated heterocycles. The van der Waals surface area contributed by atoms with E-state index < -0.39 is 0 Å². The molecular formula is C23H19BrClIN2O4. The highest BCUT2D eigenvalue weighted by molar-refractivity contribution is 14.1. The fourth-order valence-corrected chi connectivity index (χ4v) is 4.14. The van der Waals surface area contributed by atoms with Crippen LogP contribution < -0.4 is 19.6 Å². The summed E-state index contributed by atoms with van der Waals surface area (Å²) >= 11 is 11.7. The minimum atomic E-state index is -0.388. The fourth-order valence-electron chi connectivity index (χ4n) is 2.80. The molecule has 0 aliphatic rings. The van der Waals surface area contributed by atoms with Gasteiger partial charge in [0.2, 0.25) is 0 Å². The molecule has 32 heavy (non-hydrogen) atoms. The van der Waals surface area contributed by atoms with Gasteiger partial charge in [-0.3, -0.25) is 4.79 Å². The van der Waals surface area contributed by atoms with E-state index >= 15 is 0 Å². The van der Waals surface area contributed by atoms with Crippen LogP contribution in [0.4, 0.5) is 0 Å². The number of hydrazone groups is 1. The van der Waals surface area contributed by atoms with Crippen molar-refractivity contribution in [1.82, 2.24) is 5.43 Å². The van der Waals surface area contributed by atoms with Crippen molar-refractivity contribution in [2.24, 2.45) is 5.10 Å². The van der Waals surface area contributed by atoms with E-state index in [1.165, 1.54) is 13.3 Å². The number of benzene rings is 3. The number of nitrogens with zero attached hydrogens (tertiary/aromatic N) is 1. The second-order valence-electron chi connectivity index (χ2n) is 6.46. The summed E-state index contributed by atoms with van der Waals surface area (Å²) in [6, 6.07) is 16.3. The second-order valence-corrected chi connectivity index (χ2v) is 8.94. The highest BCUT2D eigenvalue weighted by Crippen LogP contribution is 2.34. The molecule has 0 unspecified atom stereocenters. The average molecular weight is 630 g/mol. The Balaban J connectivity index is 1.73. The van der Waals surface area contributed by atoms with E-state index in [0.717, 1.165) is 19.2 Å². The van der Waals surface area contributed by atoms with Gasteiger partial charge in [-0.2, -0.15) is 5.10 Å². The number of amides is 1. The van der Waals surface area contributed by atoms with Gasteiger partial charge in [0, 0.05) is 15.1 Å². The average Bonchev–Trinajstić information content (AvgIpc) is 2.79. The van der Waals surface area contributed by atoms with Crippen LogP contribution in [0.2, 0.25) is 5.02 Å². The van der Waals surface area contributed by atoms with Gasteiger partial charge in [-0.05, 0) is 64.6 Å². The summed E-state index contributed by atoms with van der Waals surface area (Å²) in [5, 5.41) is 4.70. The van der Waals surface area contributed by atoms with Crippen LogP contribution >= 0.6 is 50.1 Å². The summed E-state index contributed by atoms with van der Waals surface area (Å²) in [4.78, 5) is 12.5. The van der Waals surface area contributed by atoms with Crippen molar-refractivity contribution in [3.63, 3.8) is 0 Å². The zero-order chi connectivity index (χ0) is 23.1. The van der Waals surface area contributed by atoms with Gasteiger partial charge in [0.05, 0.1) is 29.6 Å². The van der Waals surface area contributed by atoms with E-state index in [2.05, 4.69) is 49.0 Å². The van der Waals surface area contributed by atoms with Gasteiger partial charge < -0.3 is 14.2 Å². The van der Waals surface area contributed by atoms with Crippen molar-refractivity contribution in [3.05, 3.63) is 84.4 Å². The molecule has 6 nitrogen and oxygen atoms in total. The zero-order valence-corrected chi connectivity index (χ0v) is 21.7. The highest BCUT2D eigenvalue weighted by Gasteiger charge is 2.14. The Morgan fingerprint density at radius 3 is 2.59 bits per heavy atom. The van der Waals surface area contributed by atoms with Crippen molar-refractivity contribution in [3.8, 4) is 17.2 Å². The topological polar surface area (TPSA) is 69.2 Å². The number of ether oxygens (including phenoxy) is 3. The van der Waals surface area contributed by atoms with Crippen LogP contribution in [0.15, 0.2) is 64.2 Å². The van der Waals surface area contributed by atoms with Crippen molar-refractivity contribution >= 4 is 62.2 Å². The molecule has 0 heterocycles. The third-order valence-electron chi connectivity index (χ3n) is 4.37. The fraction of sp³-hybridized carbons (Fsp3) is 0.130. The van der Waals surface area contributed by atoms with Crippen LogP contribution in [0.25, 0.3) is 0 Å². The van der Waals surface area contributed by atoms with Crippen molar-refractivity contribution in [2.45, 2.75) is 6.61 Å². The van der Waals surface area contributed by atoms with Gasteiger partial charge in [0.1, 0.15) is 12.4 Å². The Labute approximate surface area is 213 Å². The number of halogens is 3. The molecule has 0 atom stereocenters. The van der Waals surface area contributed by atoms with E-state index in [9.17, 15) is 4.79 Å². The van der Waals surface area contributed by atoms with E-state index in [4.69, 9.17) is 25.8 Å². The number of nitrogens with one attached hydrogen (secondary N) is 1. The maximum atomic E-state index is 12.5. The van der Waals surface area contributed by atoms with E-state index in [1.807, 2.05) is 30.3 Å². The van der Waals surface area contributed by atoms with Crippen LogP contribution in [0.5, 0.6) is 17.2 Å². The number of methoxy groups -OCH3 is 2. The molecule has 0 aliphatic heterocycles. The van der Waals surface area contributed by atoms with Crippen molar-refractivity contribution in [2.75, 3.05) is 14.2 Å². The van der Waals surface area contributed by atoms with Crippen LogP contribution in [0.1, 0.15) is 21.5 Å². The number of hydrogen-bond acceptors (Lipinski definition) is 5. The Bertz CT molecular complexity index is 1160. The lowest BCUT2D eigenvalue weighted by Crippen LogP contribution is -2.18. The number of carbonyl (C=O) groups is 1. The molecule has 0 aliphatic carbocycles. The molecule has 1 N–H and O–H groups in total. The first-order valence-electron chi connectivity index (χ1n) is 9.33. The Kier molecular flexibility index (Phi) is 8.77. The largest absolute Gasteiger partial charge is 0.496 e. The standard InChI is InChI=1S/C23H19BrClIN2O4/c1-30-20-8-7-16(24)11-17(20)23(29)28-27-12-14-9-19(26)22(21(10-14)31-2)32-13-15-5-3-4-6-18(15)25/h3-12H,13H2,1-2H3,(H,28,29)/b27-12-. The molecule has 3 rings (SSSR count). The first kappa shape index (κ1) is 24.3. The predicted octanol–water partition coefficient (Wildman–Crippen LogP) is 6.07. The molecule has 3 aromatic rings. The third-order valence-corrected chi connectivity index (χ3v) is 6.03. The van der Waals surface area contributed by atoms with Crippen molar-refractivity contribution in [1.29, 1.82) is 0 Å². The predicted molar refractivity (Wildman–Crippen MR) is 137 cm³/mol. The lowest BCUT2D eigenvalue weighted by atomic mass is 10.2. The minimum Gasteiger partial charge on any atom is -0.496 e. The van der Waals surface area contributed by atoms with Crippen LogP contribution in [0.3, 0.4) is 0 Å². The minimum absolute atomic E-state index is 0.310. The van der Waals surface area contributed by atoms with Gasteiger partial charge in [0.25, 0.3) is 5.91 Å². The van der Waals surface area contributed by atoms with Gasteiger partial charge >= 0.3 is 0 Å². The van der Waals surface area contributed by atoms with Gasteiger partial charge in [-0.1, -0.05) is 45.7 Å². The summed E-state index contributed by atoms with van der Waals surface area (Å²) in [6.45, 7) is 0.310. The molecular weight excluding hydrogens is 611 g/mol. The normalized spacial score (nSPS) is 10.8. The SMILES string of the molecule is COc1ccc(Br)cc1C(=O)N/N=C\c1cc(I)c(OCc2ccccc2Cl)c(OC)c1. The molecule has 0 spiro atoms. The maximum absolute atomic E-state index is 12.5. The van der Waals surface area contributed by atoms with Crippen molar-refractivity contribution < 1.29 is 19.0 Å². The van der Waals surface area contributed by atoms with Gasteiger partial charge in [-0.15, -0.1) is 0 Å². The molecule has 0 fully saturated rings. The lowest BCUT2D eigenvalue weighted by molar-refractivity contribution is 0.0952. The summed E-state index contributed by atoms with van der Waals surface area (Å²) in [6.07, 6.45) is 1.53. The molecule has 0 aromatic heterocycles. The Morgan fingerprint density at radius 1 is 1.12 bits per heavy atom.